The first kappa shape index (κ1) is 19.1. The van der Waals surface area contributed by atoms with Crippen LogP contribution < -0.4 is 5.32 Å². The average molecular weight is 396 g/mol. The molecule has 1 aliphatic rings. The van der Waals surface area contributed by atoms with Gasteiger partial charge in [-0.15, -0.1) is 0 Å². The van der Waals surface area contributed by atoms with E-state index in [1.807, 2.05) is 18.2 Å². The smallest absolute Gasteiger partial charge is 0.0594 e. The van der Waals surface area contributed by atoms with Crippen LogP contribution in [0.4, 0.5) is 0 Å². The van der Waals surface area contributed by atoms with Gasteiger partial charge in [-0.2, -0.15) is 0 Å². The Kier molecular flexibility index (Phi) is 6.01. The number of aromatic nitrogens is 1. The van der Waals surface area contributed by atoms with Crippen molar-refractivity contribution in [3.63, 3.8) is 0 Å². The van der Waals surface area contributed by atoms with Crippen LogP contribution in [0.3, 0.4) is 0 Å². The van der Waals surface area contributed by atoms with Gasteiger partial charge in [0.2, 0.25) is 0 Å². The van der Waals surface area contributed by atoms with Gasteiger partial charge in [-0.3, -0.25) is 4.90 Å². The maximum atomic E-state index is 6.14. The van der Waals surface area contributed by atoms with Crippen LogP contribution >= 0.6 is 11.6 Å². The normalized spacial score (nSPS) is 15.0. The van der Waals surface area contributed by atoms with Crippen LogP contribution in [0.25, 0.3) is 16.6 Å². The monoisotopic (exact) mass is 395 g/mol. The number of aromatic amines is 1. The molecule has 2 aromatic carbocycles. The molecule has 1 saturated heterocycles. The number of hydrogen-bond donors (Lipinski definition) is 2. The van der Waals surface area contributed by atoms with E-state index in [4.69, 9.17) is 16.3 Å². The minimum absolute atomic E-state index is 0.766. The molecule has 0 spiro atoms. The molecule has 0 unspecified atom stereocenters. The molecule has 1 aliphatic heterocycles. The van der Waals surface area contributed by atoms with E-state index >= 15 is 0 Å². The number of morpholine rings is 1. The molecular weight excluding hydrogens is 370 g/mol. The molecule has 4 rings (SSSR count). The topological polar surface area (TPSA) is 40.3 Å². The van der Waals surface area contributed by atoms with Crippen molar-refractivity contribution in [2.45, 2.75) is 13.0 Å². The maximum Gasteiger partial charge on any atom is 0.0594 e. The largest absolute Gasteiger partial charge is 0.385 e. The van der Waals surface area contributed by atoms with Crippen molar-refractivity contribution in [2.75, 3.05) is 32.8 Å². The van der Waals surface area contributed by atoms with E-state index < -0.39 is 0 Å². The van der Waals surface area contributed by atoms with Crippen molar-refractivity contribution >= 4 is 28.2 Å². The number of benzene rings is 2. The Morgan fingerprint density at radius 3 is 2.89 bits per heavy atom. The lowest BCUT2D eigenvalue weighted by Gasteiger charge is -2.26. The third kappa shape index (κ3) is 4.58. The van der Waals surface area contributed by atoms with Gasteiger partial charge in [0, 0.05) is 54.0 Å². The fourth-order valence-electron chi connectivity index (χ4n) is 3.68. The van der Waals surface area contributed by atoms with Gasteiger partial charge in [-0.25, -0.2) is 0 Å². The van der Waals surface area contributed by atoms with E-state index in [1.54, 1.807) is 0 Å². The van der Waals surface area contributed by atoms with Crippen LogP contribution in [0.2, 0.25) is 5.02 Å². The van der Waals surface area contributed by atoms with Gasteiger partial charge in [0.05, 0.1) is 13.2 Å². The minimum atomic E-state index is 0.766. The highest BCUT2D eigenvalue weighted by Gasteiger charge is 2.11. The van der Waals surface area contributed by atoms with Crippen LogP contribution in [0.1, 0.15) is 16.7 Å². The van der Waals surface area contributed by atoms with E-state index in [9.17, 15) is 0 Å². The number of H-pyrrole nitrogens is 1. The molecule has 0 saturated carbocycles. The van der Waals surface area contributed by atoms with Gasteiger partial charge in [-0.1, -0.05) is 36.4 Å². The lowest BCUT2D eigenvalue weighted by molar-refractivity contribution is 0.0342. The summed E-state index contributed by atoms with van der Waals surface area (Å²) in [7, 11) is 0. The number of fused-ring (bicyclic) bond motifs is 1. The first-order valence-corrected chi connectivity index (χ1v) is 10.1. The lowest BCUT2D eigenvalue weighted by Crippen LogP contribution is -2.35. The highest BCUT2D eigenvalue weighted by Crippen LogP contribution is 2.23. The quantitative estimate of drug-likeness (QED) is 0.620. The van der Waals surface area contributed by atoms with Crippen LogP contribution in [0.15, 0.2) is 55.2 Å². The Bertz CT molecular complexity index is 959. The molecule has 0 aliphatic carbocycles. The number of halogens is 1. The highest BCUT2D eigenvalue weighted by molar-refractivity contribution is 6.31. The second kappa shape index (κ2) is 8.82. The Morgan fingerprint density at radius 2 is 2.04 bits per heavy atom. The summed E-state index contributed by atoms with van der Waals surface area (Å²) in [6, 6.07) is 14.6. The number of nitrogens with one attached hydrogen (secondary N) is 2. The number of rotatable bonds is 7. The predicted octanol–water partition coefficient (Wildman–Crippen LogP) is 4.46. The second-order valence-electron chi connectivity index (χ2n) is 7.25. The van der Waals surface area contributed by atoms with E-state index in [0.717, 1.165) is 67.6 Å². The van der Waals surface area contributed by atoms with Gasteiger partial charge < -0.3 is 15.0 Å². The molecule has 1 aromatic heterocycles. The Labute approximate surface area is 171 Å². The third-order valence-corrected chi connectivity index (χ3v) is 5.48. The van der Waals surface area contributed by atoms with E-state index in [2.05, 4.69) is 52.2 Å². The van der Waals surface area contributed by atoms with Crippen LogP contribution in [-0.4, -0.2) is 42.7 Å². The fraction of sp³-hybridized carbons (Fsp3) is 0.304. The SMILES string of the molecule is C=C(NCCc1c[nH]c2ccc(Cl)cc12)c1cccc(CN2CCOCC2)c1. The summed E-state index contributed by atoms with van der Waals surface area (Å²) in [4.78, 5) is 5.74. The lowest BCUT2D eigenvalue weighted by atomic mass is 10.1. The van der Waals surface area contributed by atoms with Gasteiger partial charge >= 0.3 is 0 Å². The summed E-state index contributed by atoms with van der Waals surface area (Å²) in [5, 5.41) is 5.43. The molecule has 28 heavy (non-hydrogen) atoms. The maximum absolute atomic E-state index is 6.14. The summed E-state index contributed by atoms with van der Waals surface area (Å²) in [6.45, 7) is 9.67. The average Bonchev–Trinajstić information content (AvgIpc) is 3.11. The zero-order chi connectivity index (χ0) is 19.3. The first-order valence-electron chi connectivity index (χ1n) is 9.77. The molecule has 1 fully saturated rings. The summed E-state index contributed by atoms with van der Waals surface area (Å²) < 4.78 is 5.43. The molecule has 0 atom stereocenters. The zero-order valence-electron chi connectivity index (χ0n) is 16.0. The molecule has 3 aromatic rings. The molecule has 4 nitrogen and oxygen atoms in total. The van der Waals surface area contributed by atoms with Crippen molar-refractivity contribution in [1.82, 2.24) is 15.2 Å². The van der Waals surface area contributed by atoms with E-state index in [1.165, 1.54) is 16.5 Å². The van der Waals surface area contributed by atoms with Crippen LogP contribution in [-0.2, 0) is 17.7 Å². The molecule has 2 heterocycles. The molecule has 0 amide bonds. The van der Waals surface area contributed by atoms with Gasteiger partial charge in [-0.05, 0) is 47.4 Å². The van der Waals surface area contributed by atoms with Crippen molar-refractivity contribution in [3.05, 3.63) is 77.0 Å². The number of nitrogens with zero attached hydrogens (tertiary/aromatic N) is 1. The number of hydrogen-bond acceptors (Lipinski definition) is 3. The predicted molar refractivity (Wildman–Crippen MR) is 117 cm³/mol. The molecule has 0 radical (unpaired) electrons. The summed E-state index contributed by atoms with van der Waals surface area (Å²) in [6.07, 6.45) is 2.97. The highest BCUT2D eigenvalue weighted by atomic mass is 35.5. The molecular formula is C23H26ClN3O. The molecule has 146 valence electrons. The Hall–Kier alpha value is -2.27. The van der Waals surface area contributed by atoms with Gasteiger partial charge in [0.25, 0.3) is 0 Å². The van der Waals surface area contributed by atoms with Crippen LogP contribution in [0, 0.1) is 0 Å². The molecule has 5 heteroatoms. The van der Waals surface area contributed by atoms with Crippen molar-refractivity contribution in [1.29, 1.82) is 0 Å². The standard InChI is InChI=1S/C23H26ClN3O/c1-17(19-4-2-3-18(13-19)16-27-9-11-28-12-10-27)25-8-7-20-15-26-23-6-5-21(24)14-22(20)23/h2-6,13-15,25-26H,1,7-12,16H2. The summed E-state index contributed by atoms with van der Waals surface area (Å²) in [5.41, 5.74) is 5.80. The van der Waals surface area contributed by atoms with Crippen molar-refractivity contribution in [3.8, 4) is 0 Å². The van der Waals surface area contributed by atoms with E-state index in [-0.39, 0.29) is 0 Å². The molecule has 2 N–H and O–H groups in total. The summed E-state index contributed by atoms with van der Waals surface area (Å²) >= 11 is 6.14. The second-order valence-corrected chi connectivity index (χ2v) is 7.68. The first-order chi connectivity index (χ1) is 13.7. The Balaban J connectivity index is 1.34. The molecule has 0 bridgehead atoms. The number of ether oxygens (including phenoxy) is 1. The van der Waals surface area contributed by atoms with Crippen molar-refractivity contribution in [2.24, 2.45) is 0 Å². The van der Waals surface area contributed by atoms with E-state index in [0.29, 0.717) is 0 Å². The zero-order valence-corrected chi connectivity index (χ0v) is 16.8. The van der Waals surface area contributed by atoms with Crippen molar-refractivity contribution < 1.29 is 4.74 Å². The third-order valence-electron chi connectivity index (χ3n) is 5.25. The summed E-state index contributed by atoms with van der Waals surface area (Å²) in [5.74, 6) is 0. The fourth-order valence-corrected chi connectivity index (χ4v) is 3.85. The minimum Gasteiger partial charge on any atom is -0.385 e. The van der Waals surface area contributed by atoms with Crippen LogP contribution in [0.5, 0.6) is 0 Å². The van der Waals surface area contributed by atoms with Gasteiger partial charge in [0.15, 0.2) is 0 Å². The van der Waals surface area contributed by atoms with Gasteiger partial charge in [0.1, 0.15) is 0 Å². The Morgan fingerprint density at radius 1 is 1.18 bits per heavy atom.